The summed E-state index contributed by atoms with van der Waals surface area (Å²) in [7, 11) is 0. The molecule has 1 heterocycles. The van der Waals surface area contributed by atoms with Gasteiger partial charge in [-0.15, -0.1) is 0 Å². The van der Waals surface area contributed by atoms with E-state index in [4.69, 9.17) is 4.74 Å². The molecule has 2 aromatic rings. The predicted molar refractivity (Wildman–Crippen MR) is 92.2 cm³/mol. The Bertz CT molecular complexity index is 734. The van der Waals surface area contributed by atoms with Crippen molar-refractivity contribution < 1.29 is 24.5 Å². The number of hydrogen-bond donors (Lipinski definition) is 2. The Morgan fingerprint density at radius 3 is 2.04 bits per heavy atom. The van der Waals surface area contributed by atoms with E-state index in [1.807, 2.05) is 12.1 Å². The minimum atomic E-state index is -2.34. The van der Waals surface area contributed by atoms with Crippen molar-refractivity contribution in [1.29, 1.82) is 0 Å². The quantitative estimate of drug-likeness (QED) is 0.783. The maximum absolute atomic E-state index is 11.7. The first kappa shape index (κ1) is 18.6. The molecule has 2 rings (SSSR count). The lowest BCUT2D eigenvalue weighted by Gasteiger charge is -2.33. The number of aliphatic carboxylic acids is 2. The monoisotopic (exact) mass is 343 g/mol. The number of carboxylic acids is 2. The SMILES string of the molecule is CC(C)(C)OC(Cc1ccc(-c2cccnc2)cc1)(C(=O)O)C(=O)O. The van der Waals surface area contributed by atoms with Gasteiger partial charge in [-0.1, -0.05) is 30.3 Å². The Balaban J connectivity index is 2.33. The highest BCUT2D eigenvalue weighted by molar-refractivity contribution is 6.02. The number of ether oxygens (including phenoxy) is 1. The van der Waals surface area contributed by atoms with Crippen molar-refractivity contribution in [2.24, 2.45) is 0 Å². The predicted octanol–water partition coefficient (Wildman–Crippen LogP) is 3.01. The van der Waals surface area contributed by atoms with E-state index < -0.39 is 23.1 Å². The van der Waals surface area contributed by atoms with E-state index >= 15 is 0 Å². The second-order valence-corrected chi connectivity index (χ2v) is 6.77. The first-order chi connectivity index (χ1) is 11.6. The topological polar surface area (TPSA) is 96.7 Å². The molecule has 6 nitrogen and oxygen atoms in total. The normalized spacial score (nSPS) is 12.0. The maximum atomic E-state index is 11.7. The van der Waals surface area contributed by atoms with Crippen LogP contribution in [0.25, 0.3) is 11.1 Å². The zero-order valence-corrected chi connectivity index (χ0v) is 14.4. The fourth-order valence-electron chi connectivity index (χ4n) is 2.52. The van der Waals surface area contributed by atoms with Gasteiger partial charge in [-0.2, -0.15) is 0 Å². The Labute approximate surface area is 146 Å². The molecule has 2 N–H and O–H groups in total. The van der Waals surface area contributed by atoms with Gasteiger partial charge in [0, 0.05) is 18.8 Å². The molecule has 0 amide bonds. The van der Waals surface area contributed by atoms with Gasteiger partial charge < -0.3 is 14.9 Å². The highest BCUT2D eigenvalue weighted by atomic mass is 16.6. The van der Waals surface area contributed by atoms with Gasteiger partial charge in [0.1, 0.15) is 0 Å². The molecule has 0 aliphatic rings. The van der Waals surface area contributed by atoms with Gasteiger partial charge in [0.25, 0.3) is 5.60 Å². The summed E-state index contributed by atoms with van der Waals surface area (Å²) in [6.07, 6.45) is 3.12. The Morgan fingerprint density at radius 2 is 1.60 bits per heavy atom. The summed E-state index contributed by atoms with van der Waals surface area (Å²) < 4.78 is 5.46. The molecule has 0 unspecified atom stereocenters. The highest BCUT2D eigenvalue weighted by Gasteiger charge is 2.50. The molecular weight excluding hydrogens is 322 g/mol. The Morgan fingerprint density at radius 1 is 1.00 bits per heavy atom. The van der Waals surface area contributed by atoms with Crippen molar-refractivity contribution >= 4 is 11.9 Å². The molecule has 0 saturated carbocycles. The molecule has 1 aromatic heterocycles. The highest BCUT2D eigenvalue weighted by Crippen LogP contribution is 2.27. The van der Waals surface area contributed by atoms with E-state index in [0.29, 0.717) is 5.56 Å². The minimum absolute atomic E-state index is 0.276. The molecule has 25 heavy (non-hydrogen) atoms. The zero-order chi connectivity index (χ0) is 18.7. The third-order valence-corrected chi connectivity index (χ3v) is 3.57. The van der Waals surface area contributed by atoms with Crippen molar-refractivity contribution in [3.05, 3.63) is 54.4 Å². The van der Waals surface area contributed by atoms with Crippen LogP contribution in [0.1, 0.15) is 26.3 Å². The van der Waals surface area contributed by atoms with Crippen LogP contribution in [0, 0.1) is 0 Å². The molecule has 0 atom stereocenters. The lowest BCUT2D eigenvalue weighted by atomic mass is 9.92. The van der Waals surface area contributed by atoms with Crippen molar-refractivity contribution in [2.75, 3.05) is 0 Å². The van der Waals surface area contributed by atoms with Crippen molar-refractivity contribution in [2.45, 2.75) is 38.4 Å². The average Bonchev–Trinajstić information content (AvgIpc) is 2.54. The first-order valence-electron chi connectivity index (χ1n) is 7.80. The Hall–Kier alpha value is -2.73. The van der Waals surface area contributed by atoms with Crippen LogP contribution in [0.3, 0.4) is 0 Å². The smallest absolute Gasteiger partial charge is 0.348 e. The Kier molecular flexibility index (Phi) is 5.23. The number of benzene rings is 1. The summed E-state index contributed by atoms with van der Waals surface area (Å²) >= 11 is 0. The van der Waals surface area contributed by atoms with Gasteiger partial charge in [-0.3, -0.25) is 4.98 Å². The second kappa shape index (κ2) is 7.03. The van der Waals surface area contributed by atoms with E-state index in [9.17, 15) is 19.8 Å². The van der Waals surface area contributed by atoms with Gasteiger partial charge in [0.15, 0.2) is 0 Å². The summed E-state index contributed by atoms with van der Waals surface area (Å²) in [5, 5.41) is 19.1. The van der Waals surface area contributed by atoms with E-state index in [2.05, 4.69) is 4.98 Å². The van der Waals surface area contributed by atoms with Gasteiger partial charge >= 0.3 is 11.9 Å². The average molecular weight is 343 g/mol. The van der Waals surface area contributed by atoms with Crippen LogP contribution in [0.4, 0.5) is 0 Å². The lowest BCUT2D eigenvalue weighted by Crippen LogP contribution is -2.54. The zero-order valence-electron chi connectivity index (χ0n) is 14.4. The summed E-state index contributed by atoms with van der Waals surface area (Å²) in [4.78, 5) is 27.5. The lowest BCUT2D eigenvalue weighted by molar-refractivity contribution is -0.199. The number of rotatable bonds is 6. The third-order valence-electron chi connectivity index (χ3n) is 3.57. The van der Waals surface area contributed by atoms with Gasteiger partial charge in [-0.05, 0) is 43.5 Å². The summed E-state index contributed by atoms with van der Waals surface area (Å²) in [5.41, 5.74) is -0.880. The number of pyridine rings is 1. The molecule has 0 aliphatic carbocycles. The number of carboxylic acid groups (broad SMARTS) is 2. The molecule has 0 radical (unpaired) electrons. The second-order valence-electron chi connectivity index (χ2n) is 6.77. The van der Waals surface area contributed by atoms with Crippen LogP contribution >= 0.6 is 0 Å². The molecule has 0 fully saturated rings. The molecular formula is C19H21NO5. The van der Waals surface area contributed by atoms with Crippen LogP contribution < -0.4 is 0 Å². The first-order valence-corrected chi connectivity index (χ1v) is 7.80. The van der Waals surface area contributed by atoms with Crippen LogP contribution in [-0.2, 0) is 20.7 Å². The van der Waals surface area contributed by atoms with Gasteiger partial charge in [-0.25, -0.2) is 9.59 Å². The number of hydrogen-bond acceptors (Lipinski definition) is 4. The fraction of sp³-hybridized carbons (Fsp3) is 0.316. The van der Waals surface area contributed by atoms with Crippen LogP contribution in [-0.4, -0.2) is 38.3 Å². The maximum Gasteiger partial charge on any atom is 0.348 e. The van der Waals surface area contributed by atoms with Crippen molar-refractivity contribution in [1.82, 2.24) is 4.98 Å². The van der Waals surface area contributed by atoms with E-state index in [1.54, 1.807) is 57.4 Å². The summed E-state index contributed by atoms with van der Waals surface area (Å²) in [6, 6.07) is 10.7. The van der Waals surface area contributed by atoms with Crippen molar-refractivity contribution in [3.8, 4) is 11.1 Å². The number of carbonyl (C=O) groups is 2. The molecule has 0 saturated heterocycles. The molecule has 132 valence electrons. The molecule has 0 spiro atoms. The van der Waals surface area contributed by atoms with E-state index in [-0.39, 0.29) is 6.42 Å². The van der Waals surface area contributed by atoms with E-state index in [0.717, 1.165) is 11.1 Å². The summed E-state index contributed by atoms with van der Waals surface area (Å²) in [5.74, 6) is -3.04. The van der Waals surface area contributed by atoms with Crippen LogP contribution in [0.5, 0.6) is 0 Å². The van der Waals surface area contributed by atoms with Crippen LogP contribution in [0.15, 0.2) is 48.8 Å². The number of nitrogens with zero attached hydrogens (tertiary/aromatic N) is 1. The third kappa shape index (κ3) is 4.42. The van der Waals surface area contributed by atoms with Gasteiger partial charge in [0.2, 0.25) is 0 Å². The van der Waals surface area contributed by atoms with Gasteiger partial charge in [0.05, 0.1) is 5.60 Å². The largest absolute Gasteiger partial charge is 0.479 e. The van der Waals surface area contributed by atoms with E-state index in [1.165, 1.54) is 0 Å². The standard InChI is InChI=1S/C19H21NO5/c1-18(2,3)25-19(16(21)22,17(23)24)11-13-6-8-14(9-7-13)15-5-4-10-20-12-15/h4-10,12H,11H2,1-3H3,(H,21,22)(H,23,24). The summed E-state index contributed by atoms with van der Waals surface area (Å²) in [6.45, 7) is 4.87. The van der Waals surface area contributed by atoms with Crippen LogP contribution in [0.2, 0.25) is 0 Å². The van der Waals surface area contributed by atoms with Crippen molar-refractivity contribution in [3.63, 3.8) is 0 Å². The number of aromatic nitrogens is 1. The fourth-order valence-corrected chi connectivity index (χ4v) is 2.52. The molecule has 0 aliphatic heterocycles. The molecule has 6 heteroatoms. The molecule has 0 bridgehead atoms. The minimum Gasteiger partial charge on any atom is -0.479 e. The molecule has 1 aromatic carbocycles.